The van der Waals surface area contributed by atoms with Gasteiger partial charge in [0.2, 0.25) is 0 Å². The second-order valence-corrected chi connectivity index (χ2v) is 8.61. The van der Waals surface area contributed by atoms with Gasteiger partial charge in [0.15, 0.2) is 5.78 Å². The Labute approximate surface area is 195 Å². The summed E-state index contributed by atoms with van der Waals surface area (Å²) in [5.74, 6) is -0.731. The largest absolute Gasteiger partial charge is 0.506 e. The maximum Gasteiger partial charge on any atom is 0.335 e. The van der Waals surface area contributed by atoms with Gasteiger partial charge in [-0.05, 0) is 65.7 Å². The van der Waals surface area contributed by atoms with Crippen molar-refractivity contribution < 1.29 is 24.5 Å². The van der Waals surface area contributed by atoms with Crippen LogP contribution < -0.4 is 4.74 Å². The molecule has 0 aliphatic rings. The highest BCUT2D eigenvalue weighted by molar-refractivity contribution is 7.13. The monoisotopic (exact) mass is 458 g/mol. The van der Waals surface area contributed by atoms with E-state index in [0.29, 0.717) is 17.7 Å². The quantitative estimate of drug-likeness (QED) is 0.308. The van der Waals surface area contributed by atoms with E-state index in [9.17, 15) is 19.8 Å². The predicted molar refractivity (Wildman–Crippen MR) is 128 cm³/mol. The van der Waals surface area contributed by atoms with Crippen molar-refractivity contribution >= 4 is 23.1 Å². The Balaban J connectivity index is 1.56. The molecule has 0 saturated heterocycles. The highest BCUT2D eigenvalue weighted by Crippen LogP contribution is 2.42. The Kier molecular flexibility index (Phi) is 6.56. The number of carbonyl (C=O) groups excluding carboxylic acids is 1. The maximum atomic E-state index is 11.9. The molecule has 0 amide bonds. The molecule has 2 N–H and O–H groups in total. The van der Waals surface area contributed by atoms with Gasteiger partial charge in [-0.25, -0.2) is 4.79 Å². The van der Waals surface area contributed by atoms with Crippen molar-refractivity contribution in [3.05, 3.63) is 106 Å². The second kappa shape index (κ2) is 9.71. The fourth-order valence-electron chi connectivity index (χ4n) is 3.68. The molecule has 0 atom stereocenters. The number of ketones is 1. The van der Waals surface area contributed by atoms with Gasteiger partial charge in [-0.3, -0.25) is 4.79 Å². The molecule has 0 saturated carbocycles. The zero-order chi connectivity index (χ0) is 23.4. The van der Waals surface area contributed by atoms with Crippen LogP contribution >= 0.6 is 11.3 Å². The van der Waals surface area contributed by atoms with Crippen molar-refractivity contribution in [1.82, 2.24) is 0 Å². The third kappa shape index (κ3) is 5.13. The first kappa shape index (κ1) is 22.3. The molecule has 0 fully saturated rings. The number of benzene rings is 3. The zero-order valence-electron chi connectivity index (χ0n) is 17.9. The summed E-state index contributed by atoms with van der Waals surface area (Å²) in [6.45, 7) is 1.70. The minimum absolute atomic E-state index is 0.0745. The molecule has 0 radical (unpaired) electrons. The van der Waals surface area contributed by atoms with E-state index in [2.05, 4.69) is 0 Å². The van der Waals surface area contributed by atoms with Crippen molar-refractivity contribution in [2.24, 2.45) is 0 Å². The average Bonchev–Trinajstić information content (AvgIpc) is 3.32. The molecule has 33 heavy (non-hydrogen) atoms. The molecule has 6 heteroatoms. The number of hydrogen-bond acceptors (Lipinski definition) is 5. The maximum absolute atomic E-state index is 11.9. The molecule has 166 valence electrons. The molecular weight excluding hydrogens is 436 g/mol. The van der Waals surface area contributed by atoms with Crippen molar-refractivity contribution in [3.8, 4) is 21.9 Å². The van der Waals surface area contributed by atoms with Gasteiger partial charge in [0.05, 0.1) is 16.7 Å². The lowest BCUT2D eigenvalue weighted by molar-refractivity contribution is 0.0696. The number of aromatic carboxylic acids is 1. The normalized spacial score (nSPS) is 10.7. The minimum atomic E-state index is -0.945. The molecule has 4 aromatic rings. The first-order chi connectivity index (χ1) is 15.9. The van der Waals surface area contributed by atoms with Crippen molar-refractivity contribution in [1.29, 1.82) is 0 Å². The first-order valence-electron chi connectivity index (χ1n) is 10.4. The Morgan fingerprint density at radius 1 is 0.909 bits per heavy atom. The molecule has 0 spiro atoms. The summed E-state index contributed by atoms with van der Waals surface area (Å²) in [5.41, 5.74) is 3.93. The molecule has 0 aliphatic heterocycles. The number of carboxylic acid groups (broad SMARTS) is 1. The molecule has 1 aromatic heterocycles. The molecule has 0 aliphatic carbocycles. The fraction of sp³-hybridized carbons (Fsp3) is 0.111. The molecule has 1 heterocycles. The number of aromatic hydroxyl groups is 1. The number of Topliss-reactive ketones (excluding diaryl/α,β-unsaturated/α-hetero) is 1. The van der Waals surface area contributed by atoms with Gasteiger partial charge in [-0.15, -0.1) is 11.3 Å². The van der Waals surface area contributed by atoms with E-state index in [4.69, 9.17) is 4.74 Å². The SMILES string of the molecule is CC(=O)c1ccc(OCc2cccc(Cc3cccc(C(=O)O)c3)c2)c(-c2cccs2)c1O. The summed E-state index contributed by atoms with van der Waals surface area (Å²) < 4.78 is 6.08. The highest BCUT2D eigenvalue weighted by atomic mass is 32.1. The van der Waals surface area contributed by atoms with Crippen LogP contribution in [0.15, 0.2) is 78.2 Å². The van der Waals surface area contributed by atoms with Gasteiger partial charge in [0.25, 0.3) is 0 Å². The van der Waals surface area contributed by atoms with Crippen LogP contribution in [0.1, 0.15) is 44.3 Å². The van der Waals surface area contributed by atoms with Crippen LogP contribution in [0.4, 0.5) is 0 Å². The Bertz CT molecular complexity index is 1310. The summed E-state index contributed by atoms with van der Waals surface area (Å²) in [4.78, 5) is 23.9. The summed E-state index contributed by atoms with van der Waals surface area (Å²) in [5, 5.41) is 21.9. The van der Waals surface area contributed by atoms with E-state index in [1.807, 2.05) is 47.8 Å². The number of ether oxygens (including phenoxy) is 1. The lowest BCUT2D eigenvalue weighted by Gasteiger charge is -2.15. The number of phenolic OH excluding ortho intramolecular Hbond substituents is 1. The summed E-state index contributed by atoms with van der Waals surface area (Å²) in [6.07, 6.45) is 0.601. The molecule has 4 rings (SSSR count). The first-order valence-corrected chi connectivity index (χ1v) is 11.2. The van der Waals surface area contributed by atoms with Crippen LogP contribution in [-0.2, 0) is 13.0 Å². The van der Waals surface area contributed by atoms with Crippen molar-refractivity contribution in [2.45, 2.75) is 20.0 Å². The molecular formula is C27H22O5S. The van der Waals surface area contributed by atoms with E-state index < -0.39 is 5.97 Å². The van der Waals surface area contributed by atoms with E-state index in [1.165, 1.54) is 18.3 Å². The van der Waals surface area contributed by atoms with Gasteiger partial charge < -0.3 is 14.9 Å². The Morgan fingerprint density at radius 2 is 1.64 bits per heavy atom. The smallest absolute Gasteiger partial charge is 0.335 e. The topological polar surface area (TPSA) is 83.8 Å². The fourth-order valence-corrected chi connectivity index (χ4v) is 4.45. The summed E-state index contributed by atoms with van der Waals surface area (Å²) in [6, 6.07) is 21.8. The van der Waals surface area contributed by atoms with Crippen LogP contribution in [0.5, 0.6) is 11.5 Å². The number of thiophene rings is 1. The highest BCUT2D eigenvalue weighted by Gasteiger charge is 2.19. The van der Waals surface area contributed by atoms with Crippen molar-refractivity contribution in [2.75, 3.05) is 0 Å². The standard InChI is InChI=1S/C27H22O5S/c1-17(28)22-10-11-23(25(26(22)29)24-9-4-12-33-24)32-16-20-7-2-5-18(14-20)13-19-6-3-8-21(15-19)27(30)31/h2-12,14-15,29H,13,16H2,1H3,(H,30,31). The predicted octanol–water partition coefficient (Wildman–Crippen LogP) is 6.19. The number of carboxylic acids is 1. The van der Waals surface area contributed by atoms with E-state index >= 15 is 0 Å². The van der Waals surface area contributed by atoms with E-state index in [-0.39, 0.29) is 29.3 Å². The molecule has 0 unspecified atom stereocenters. The van der Waals surface area contributed by atoms with Crippen LogP contribution in [0.3, 0.4) is 0 Å². The lowest BCUT2D eigenvalue weighted by Crippen LogP contribution is -2.01. The van der Waals surface area contributed by atoms with Crippen LogP contribution in [0.2, 0.25) is 0 Å². The number of rotatable bonds is 8. The van der Waals surface area contributed by atoms with Crippen LogP contribution in [-0.4, -0.2) is 22.0 Å². The third-order valence-corrected chi connectivity index (χ3v) is 6.14. The van der Waals surface area contributed by atoms with Gasteiger partial charge in [-0.2, -0.15) is 0 Å². The molecule has 0 bridgehead atoms. The van der Waals surface area contributed by atoms with Gasteiger partial charge >= 0.3 is 5.97 Å². The van der Waals surface area contributed by atoms with E-state index in [1.54, 1.807) is 30.3 Å². The van der Waals surface area contributed by atoms with E-state index in [0.717, 1.165) is 21.6 Å². The molecule has 5 nitrogen and oxygen atoms in total. The molecule has 3 aromatic carbocycles. The van der Waals surface area contributed by atoms with Crippen LogP contribution in [0, 0.1) is 0 Å². The third-order valence-electron chi connectivity index (χ3n) is 5.25. The van der Waals surface area contributed by atoms with Crippen LogP contribution in [0.25, 0.3) is 10.4 Å². The number of phenols is 1. The summed E-state index contributed by atoms with van der Waals surface area (Å²) >= 11 is 1.46. The number of hydrogen-bond donors (Lipinski definition) is 2. The average molecular weight is 459 g/mol. The second-order valence-electron chi connectivity index (χ2n) is 7.66. The number of carbonyl (C=O) groups is 2. The Hall–Kier alpha value is -3.90. The minimum Gasteiger partial charge on any atom is -0.506 e. The van der Waals surface area contributed by atoms with Gasteiger partial charge in [0, 0.05) is 4.88 Å². The van der Waals surface area contributed by atoms with Gasteiger partial charge in [0.1, 0.15) is 18.1 Å². The summed E-state index contributed by atoms with van der Waals surface area (Å²) in [7, 11) is 0. The van der Waals surface area contributed by atoms with Crippen molar-refractivity contribution in [3.63, 3.8) is 0 Å². The zero-order valence-corrected chi connectivity index (χ0v) is 18.8. The lowest BCUT2D eigenvalue weighted by atomic mass is 10.0. The Morgan fingerprint density at radius 3 is 2.33 bits per heavy atom. The van der Waals surface area contributed by atoms with Gasteiger partial charge in [-0.1, -0.05) is 42.5 Å².